The second kappa shape index (κ2) is 7.04. The summed E-state index contributed by atoms with van der Waals surface area (Å²) in [5.41, 5.74) is 5.50. The molecule has 0 unspecified atom stereocenters. The fraction of sp³-hybridized carbons (Fsp3) is 0.579. The first-order valence-electron chi connectivity index (χ1n) is 9.06. The minimum atomic E-state index is 0.151. The van der Waals surface area contributed by atoms with E-state index in [1.807, 2.05) is 28.9 Å². The van der Waals surface area contributed by atoms with Crippen molar-refractivity contribution in [2.45, 2.75) is 40.2 Å². The lowest BCUT2D eigenvalue weighted by Crippen LogP contribution is -2.48. The molecule has 1 amide bonds. The Kier molecular flexibility index (Phi) is 4.99. The molecule has 1 aliphatic rings. The van der Waals surface area contributed by atoms with Crippen LogP contribution in [0.4, 0.5) is 0 Å². The molecule has 0 saturated carbocycles. The predicted molar refractivity (Wildman–Crippen MR) is 98.7 cm³/mol. The number of H-pyrrole nitrogens is 1. The zero-order valence-electron chi connectivity index (χ0n) is 16.0. The molecule has 1 saturated heterocycles. The molecule has 1 N–H and O–H groups in total. The van der Waals surface area contributed by atoms with E-state index in [0.29, 0.717) is 5.92 Å². The first-order valence-corrected chi connectivity index (χ1v) is 9.06. The lowest BCUT2D eigenvalue weighted by atomic mass is 10.0. The molecule has 3 heterocycles. The SMILES string of the molecule is Cc1nn(C)c(C)c1CN1CCN(C(=O)c2cc[nH]c2C(C)C)CC1. The Labute approximate surface area is 149 Å². The summed E-state index contributed by atoms with van der Waals surface area (Å²) in [5, 5.41) is 4.50. The highest BCUT2D eigenvalue weighted by Crippen LogP contribution is 2.21. The normalized spacial score (nSPS) is 16.0. The Morgan fingerprint density at radius 2 is 1.92 bits per heavy atom. The van der Waals surface area contributed by atoms with Gasteiger partial charge in [0.1, 0.15) is 0 Å². The van der Waals surface area contributed by atoms with Crippen LogP contribution in [0.3, 0.4) is 0 Å². The van der Waals surface area contributed by atoms with E-state index in [1.165, 1.54) is 11.3 Å². The zero-order chi connectivity index (χ0) is 18.1. The van der Waals surface area contributed by atoms with E-state index in [4.69, 9.17) is 0 Å². The topological polar surface area (TPSA) is 57.2 Å². The van der Waals surface area contributed by atoms with E-state index in [0.717, 1.165) is 49.7 Å². The van der Waals surface area contributed by atoms with Gasteiger partial charge in [-0.15, -0.1) is 0 Å². The van der Waals surface area contributed by atoms with Crippen molar-refractivity contribution in [1.29, 1.82) is 0 Å². The van der Waals surface area contributed by atoms with Gasteiger partial charge in [-0.25, -0.2) is 0 Å². The predicted octanol–water partition coefficient (Wildman–Crippen LogP) is 2.45. The summed E-state index contributed by atoms with van der Waals surface area (Å²) < 4.78 is 1.95. The van der Waals surface area contributed by atoms with Crippen molar-refractivity contribution < 1.29 is 4.79 Å². The van der Waals surface area contributed by atoms with Crippen molar-refractivity contribution in [3.8, 4) is 0 Å². The molecule has 136 valence electrons. The molecular weight excluding hydrogens is 314 g/mol. The maximum Gasteiger partial charge on any atom is 0.255 e. The largest absolute Gasteiger partial charge is 0.364 e. The molecule has 0 aromatic carbocycles. The number of piperazine rings is 1. The van der Waals surface area contributed by atoms with E-state index >= 15 is 0 Å². The monoisotopic (exact) mass is 343 g/mol. The van der Waals surface area contributed by atoms with Gasteiger partial charge in [-0.3, -0.25) is 14.4 Å². The number of hydrogen-bond acceptors (Lipinski definition) is 3. The van der Waals surface area contributed by atoms with Gasteiger partial charge >= 0.3 is 0 Å². The molecule has 0 radical (unpaired) electrons. The highest BCUT2D eigenvalue weighted by Gasteiger charge is 2.25. The number of aromatic nitrogens is 3. The van der Waals surface area contributed by atoms with Gasteiger partial charge in [0.15, 0.2) is 0 Å². The van der Waals surface area contributed by atoms with Gasteiger partial charge in [-0.2, -0.15) is 5.10 Å². The molecule has 25 heavy (non-hydrogen) atoms. The molecule has 3 rings (SSSR count). The van der Waals surface area contributed by atoms with E-state index in [9.17, 15) is 4.79 Å². The fourth-order valence-electron chi connectivity index (χ4n) is 3.60. The smallest absolute Gasteiger partial charge is 0.255 e. The molecule has 0 atom stereocenters. The average molecular weight is 343 g/mol. The lowest BCUT2D eigenvalue weighted by Gasteiger charge is -2.35. The molecule has 0 aliphatic carbocycles. The van der Waals surface area contributed by atoms with Crippen LogP contribution >= 0.6 is 0 Å². The number of nitrogens with one attached hydrogen (secondary N) is 1. The number of rotatable bonds is 4. The summed E-state index contributed by atoms with van der Waals surface area (Å²) in [4.78, 5) is 20.4. The summed E-state index contributed by atoms with van der Waals surface area (Å²) in [7, 11) is 1.99. The van der Waals surface area contributed by atoms with E-state index in [-0.39, 0.29) is 5.91 Å². The third kappa shape index (κ3) is 3.49. The number of nitrogens with zero attached hydrogens (tertiary/aromatic N) is 4. The summed E-state index contributed by atoms with van der Waals surface area (Å²) in [6, 6.07) is 1.91. The van der Waals surface area contributed by atoms with Crippen LogP contribution in [-0.4, -0.2) is 56.7 Å². The number of carbonyl (C=O) groups excluding carboxylic acids is 1. The quantitative estimate of drug-likeness (QED) is 0.928. The molecule has 0 bridgehead atoms. The van der Waals surface area contributed by atoms with Crippen LogP contribution in [0.15, 0.2) is 12.3 Å². The Morgan fingerprint density at radius 1 is 1.24 bits per heavy atom. The third-order valence-electron chi connectivity index (χ3n) is 5.29. The van der Waals surface area contributed by atoms with Crippen molar-refractivity contribution >= 4 is 5.91 Å². The Bertz CT molecular complexity index is 750. The maximum absolute atomic E-state index is 12.8. The summed E-state index contributed by atoms with van der Waals surface area (Å²) >= 11 is 0. The summed E-state index contributed by atoms with van der Waals surface area (Å²) in [6.07, 6.45) is 1.87. The van der Waals surface area contributed by atoms with E-state index < -0.39 is 0 Å². The van der Waals surface area contributed by atoms with Gasteiger partial charge in [0.2, 0.25) is 0 Å². The van der Waals surface area contributed by atoms with Gasteiger partial charge < -0.3 is 9.88 Å². The molecule has 0 spiro atoms. The lowest BCUT2D eigenvalue weighted by molar-refractivity contribution is 0.0626. The highest BCUT2D eigenvalue weighted by molar-refractivity contribution is 5.95. The van der Waals surface area contributed by atoms with Crippen LogP contribution in [0.25, 0.3) is 0 Å². The van der Waals surface area contributed by atoms with Gasteiger partial charge in [0.25, 0.3) is 5.91 Å². The number of hydrogen-bond donors (Lipinski definition) is 1. The first kappa shape index (κ1) is 17.7. The van der Waals surface area contributed by atoms with Crippen LogP contribution in [0, 0.1) is 13.8 Å². The number of amides is 1. The second-order valence-corrected chi connectivity index (χ2v) is 7.30. The minimum absolute atomic E-state index is 0.151. The highest BCUT2D eigenvalue weighted by atomic mass is 16.2. The number of carbonyl (C=O) groups is 1. The summed E-state index contributed by atoms with van der Waals surface area (Å²) in [6.45, 7) is 12.7. The Balaban J connectivity index is 1.62. The maximum atomic E-state index is 12.8. The van der Waals surface area contributed by atoms with Crippen molar-refractivity contribution in [3.05, 3.63) is 40.5 Å². The van der Waals surface area contributed by atoms with Crippen molar-refractivity contribution in [1.82, 2.24) is 24.6 Å². The van der Waals surface area contributed by atoms with E-state index in [2.05, 4.69) is 42.7 Å². The van der Waals surface area contributed by atoms with Crippen LogP contribution in [0.2, 0.25) is 0 Å². The fourth-order valence-corrected chi connectivity index (χ4v) is 3.60. The summed E-state index contributed by atoms with van der Waals surface area (Å²) in [5.74, 6) is 0.477. The number of aromatic amines is 1. The minimum Gasteiger partial charge on any atom is -0.364 e. The van der Waals surface area contributed by atoms with Gasteiger partial charge in [-0.05, 0) is 25.8 Å². The van der Waals surface area contributed by atoms with Crippen LogP contribution in [0.1, 0.15) is 52.8 Å². The van der Waals surface area contributed by atoms with Crippen LogP contribution in [0.5, 0.6) is 0 Å². The Morgan fingerprint density at radius 3 is 2.48 bits per heavy atom. The van der Waals surface area contributed by atoms with Crippen LogP contribution in [-0.2, 0) is 13.6 Å². The molecular formula is C19H29N5O. The standard InChI is InChI=1S/C19H29N5O/c1-13(2)18-16(6-7-20-18)19(25)24-10-8-23(9-11-24)12-17-14(3)21-22(5)15(17)4/h6-7,13,20H,8-12H2,1-5H3. The third-order valence-corrected chi connectivity index (χ3v) is 5.29. The molecule has 2 aromatic rings. The second-order valence-electron chi connectivity index (χ2n) is 7.30. The van der Waals surface area contributed by atoms with Crippen molar-refractivity contribution in [3.63, 3.8) is 0 Å². The average Bonchev–Trinajstić information content (AvgIpc) is 3.16. The Hall–Kier alpha value is -2.08. The van der Waals surface area contributed by atoms with Crippen molar-refractivity contribution in [2.24, 2.45) is 7.05 Å². The van der Waals surface area contributed by atoms with Gasteiger partial charge in [0.05, 0.1) is 11.3 Å². The van der Waals surface area contributed by atoms with Crippen molar-refractivity contribution in [2.75, 3.05) is 26.2 Å². The molecule has 6 nitrogen and oxygen atoms in total. The van der Waals surface area contributed by atoms with Gasteiger partial charge in [0, 0.05) is 62.9 Å². The molecule has 1 aliphatic heterocycles. The van der Waals surface area contributed by atoms with Crippen LogP contribution < -0.4 is 0 Å². The molecule has 2 aromatic heterocycles. The molecule has 1 fully saturated rings. The van der Waals surface area contributed by atoms with E-state index in [1.54, 1.807) is 0 Å². The van der Waals surface area contributed by atoms with Gasteiger partial charge in [-0.1, -0.05) is 13.8 Å². The molecule has 6 heteroatoms. The zero-order valence-corrected chi connectivity index (χ0v) is 16.0. The first-order chi connectivity index (χ1) is 11.9. The number of aryl methyl sites for hydroxylation is 2.